The summed E-state index contributed by atoms with van der Waals surface area (Å²) in [6.45, 7) is 3.11. The Morgan fingerprint density at radius 3 is 2.70 bits per heavy atom. The van der Waals surface area contributed by atoms with Gasteiger partial charge < -0.3 is 15.0 Å². The van der Waals surface area contributed by atoms with Crippen LogP contribution in [0.15, 0.2) is 18.3 Å². The maximum atomic E-state index is 12.5. The second-order valence-corrected chi connectivity index (χ2v) is 7.00. The lowest BCUT2D eigenvalue weighted by atomic mass is 10.1. The van der Waals surface area contributed by atoms with Crippen LogP contribution in [-0.2, 0) is 9.53 Å². The van der Waals surface area contributed by atoms with Crippen LogP contribution in [0.2, 0.25) is 0 Å². The molecule has 0 radical (unpaired) electrons. The number of morpholine rings is 1. The predicted molar refractivity (Wildman–Crippen MR) is 97.9 cm³/mol. The zero-order chi connectivity index (χ0) is 19.2. The molecule has 3 rings (SSSR count). The molecule has 0 bridgehead atoms. The van der Waals surface area contributed by atoms with Crippen molar-refractivity contribution in [2.75, 3.05) is 39.9 Å². The van der Waals surface area contributed by atoms with E-state index in [9.17, 15) is 9.59 Å². The van der Waals surface area contributed by atoms with Gasteiger partial charge in [-0.05, 0) is 32.0 Å². The average molecular weight is 371 g/mol. The van der Waals surface area contributed by atoms with Crippen molar-refractivity contribution in [2.24, 2.45) is 0 Å². The van der Waals surface area contributed by atoms with Crippen LogP contribution in [0.25, 0.3) is 0 Å². The molecule has 8 heteroatoms. The van der Waals surface area contributed by atoms with Gasteiger partial charge in [-0.1, -0.05) is 0 Å². The Morgan fingerprint density at radius 2 is 2.04 bits per heavy atom. The molecule has 0 aromatic carbocycles. The van der Waals surface area contributed by atoms with Crippen molar-refractivity contribution in [1.29, 1.82) is 5.26 Å². The number of nitriles is 1. The topological polar surface area (TPSA) is 98.6 Å². The summed E-state index contributed by atoms with van der Waals surface area (Å²) in [6.07, 6.45) is 3.82. The number of pyridine rings is 1. The summed E-state index contributed by atoms with van der Waals surface area (Å²) >= 11 is 0. The SMILES string of the molecule is CN1[C@@H](CC(=O)N2CCOCC2)CC[C@H]1CNC(=O)c1ccc(C#N)nc1. The molecule has 144 valence electrons. The molecule has 1 aromatic rings. The normalized spacial score (nSPS) is 23.0. The van der Waals surface area contributed by atoms with Gasteiger partial charge in [0.05, 0.1) is 18.8 Å². The Morgan fingerprint density at radius 1 is 1.30 bits per heavy atom. The monoisotopic (exact) mass is 371 g/mol. The van der Waals surface area contributed by atoms with Crippen LogP contribution in [0.3, 0.4) is 0 Å². The van der Waals surface area contributed by atoms with Gasteiger partial charge in [-0.25, -0.2) is 4.98 Å². The largest absolute Gasteiger partial charge is 0.378 e. The van der Waals surface area contributed by atoms with E-state index >= 15 is 0 Å². The molecular weight excluding hydrogens is 346 g/mol. The number of amides is 2. The number of nitrogens with one attached hydrogen (secondary N) is 1. The van der Waals surface area contributed by atoms with E-state index in [2.05, 4.69) is 15.2 Å². The third-order valence-electron chi connectivity index (χ3n) is 5.40. The number of likely N-dealkylation sites (N-methyl/N-ethyl adjacent to an activating group) is 1. The van der Waals surface area contributed by atoms with E-state index in [0.717, 1.165) is 12.8 Å². The summed E-state index contributed by atoms with van der Waals surface area (Å²) in [4.78, 5) is 32.7. The molecule has 8 nitrogen and oxygen atoms in total. The van der Waals surface area contributed by atoms with Crippen molar-refractivity contribution in [3.63, 3.8) is 0 Å². The van der Waals surface area contributed by atoms with Gasteiger partial charge in [0.15, 0.2) is 0 Å². The molecule has 2 saturated heterocycles. The lowest BCUT2D eigenvalue weighted by Gasteiger charge is -2.30. The molecule has 3 heterocycles. The summed E-state index contributed by atoms with van der Waals surface area (Å²) in [5.41, 5.74) is 0.726. The van der Waals surface area contributed by atoms with Crippen molar-refractivity contribution in [3.05, 3.63) is 29.6 Å². The molecule has 0 saturated carbocycles. The number of aromatic nitrogens is 1. The third kappa shape index (κ3) is 4.81. The standard InChI is InChI=1S/C19H25N5O3/c1-23-16(10-18(25)24-6-8-27-9-7-24)4-5-17(23)13-22-19(26)14-2-3-15(11-20)21-12-14/h2-3,12,16-17H,4-10,13H2,1H3,(H,22,26)/t16-,17+/m1/s1. The van der Waals surface area contributed by atoms with Gasteiger partial charge >= 0.3 is 0 Å². The highest BCUT2D eigenvalue weighted by Crippen LogP contribution is 2.25. The van der Waals surface area contributed by atoms with Crippen LogP contribution in [0.5, 0.6) is 0 Å². The van der Waals surface area contributed by atoms with Crippen LogP contribution in [0.4, 0.5) is 0 Å². The van der Waals surface area contributed by atoms with E-state index in [-0.39, 0.29) is 29.6 Å². The zero-order valence-corrected chi connectivity index (χ0v) is 15.6. The Bertz CT molecular complexity index is 709. The second-order valence-electron chi connectivity index (χ2n) is 7.00. The Labute approximate surface area is 159 Å². The Hall–Kier alpha value is -2.50. The molecule has 0 aliphatic carbocycles. The predicted octanol–water partition coefficient (Wildman–Crippen LogP) is 0.395. The molecule has 2 aliphatic heterocycles. The highest BCUT2D eigenvalue weighted by Gasteiger charge is 2.33. The van der Waals surface area contributed by atoms with Crippen LogP contribution in [0, 0.1) is 11.3 Å². The highest BCUT2D eigenvalue weighted by molar-refractivity contribution is 5.93. The molecule has 1 aromatic heterocycles. The second kappa shape index (κ2) is 8.93. The number of carbonyl (C=O) groups is 2. The zero-order valence-electron chi connectivity index (χ0n) is 15.6. The molecule has 27 heavy (non-hydrogen) atoms. The first kappa shape index (κ1) is 19.3. The van der Waals surface area contributed by atoms with E-state index in [4.69, 9.17) is 10.00 Å². The van der Waals surface area contributed by atoms with Crippen molar-refractivity contribution in [3.8, 4) is 6.07 Å². The third-order valence-corrected chi connectivity index (χ3v) is 5.40. The molecule has 2 fully saturated rings. The fraction of sp³-hybridized carbons (Fsp3) is 0.579. The molecule has 2 aliphatic rings. The number of hydrogen-bond acceptors (Lipinski definition) is 6. The van der Waals surface area contributed by atoms with Gasteiger partial charge in [-0.15, -0.1) is 0 Å². The van der Waals surface area contributed by atoms with Crippen LogP contribution in [-0.4, -0.2) is 78.6 Å². The number of ether oxygens (including phenoxy) is 1. The van der Waals surface area contributed by atoms with Gasteiger partial charge in [-0.2, -0.15) is 5.26 Å². The van der Waals surface area contributed by atoms with E-state index < -0.39 is 0 Å². The van der Waals surface area contributed by atoms with Gasteiger partial charge in [0.25, 0.3) is 5.91 Å². The van der Waals surface area contributed by atoms with E-state index in [1.54, 1.807) is 6.07 Å². The van der Waals surface area contributed by atoms with Crippen LogP contribution in [0.1, 0.15) is 35.3 Å². The summed E-state index contributed by atoms with van der Waals surface area (Å²) in [6, 6.07) is 5.48. The van der Waals surface area contributed by atoms with E-state index in [1.807, 2.05) is 18.0 Å². The minimum absolute atomic E-state index is 0.184. The van der Waals surface area contributed by atoms with E-state index in [1.165, 1.54) is 12.3 Å². The van der Waals surface area contributed by atoms with Crippen molar-refractivity contribution < 1.29 is 14.3 Å². The smallest absolute Gasteiger partial charge is 0.252 e. The molecule has 0 spiro atoms. The first-order chi connectivity index (χ1) is 13.1. The Balaban J connectivity index is 1.46. The number of nitrogens with zero attached hydrogens (tertiary/aromatic N) is 4. The Kier molecular flexibility index (Phi) is 6.37. The number of carbonyl (C=O) groups excluding carboxylic acids is 2. The van der Waals surface area contributed by atoms with Crippen molar-refractivity contribution in [1.82, 2.24) is 20.1 Å². The lowest BCUT2D eigenvalue weighted by molar-refractivity contribution is -0.136. The summed E-state index contributed by atoms with van der Waals surface area (Å²) in [5, 5.41) is 11.7. The lowest BCUT2D eigenvalue weighted by Crippen LogP contribution is -2.45. The number of likely N-dealkylation sites (tertiary alicyclic amines) is 1. The summed E-state index contributed by atoms with van der Waals surface area (Å²) in [7, 11) is 2.02. The molecule has 2 atom stereocenters. The van der Waals surface area contributed by atoms with E-state index in [0.29, 0.717) is 44.8 Å². The quantitative estimate of drug-likeness (QED) is 0.804. The number of hydrogen-bond donors (Lipinski definition) is 1. The average Bonchev–Trinajstić information content (AvgIpc) is 3.06. The minimum atomic E-state index is -0.201. The first-order valence-corrected chi connectivity index (χ1v) is 9.30. The van der Waals surface area contributed by atoms with Gasteiger partial charge in [0.2, 0.25) is 5.91 Å². The fourth-order valence-electron chi connectivity index (χ4n) is 3.63. The first-order valence-electron chi connectivity index (χ1n) is 9.30. The van der Waals surface area contributed by atoms with Crippen molar-refractivity contribution in [2.45, 2.75) is 31.3 Å². The van der Waals surface area contributed by atoms with Crippen molar-refractivity contribution >= 4 is 11.8 Å². The van der Waals surface area contributed by atoms with Crippen LogP contribution < -0.4 is 5.32 Å². The van der Waals surface area contributed by atoms with Crippen LogP contribution >= 0.6 is 0 Å². The molecule has 0 unspecified atom stereocenters. The summed E-state index contributed by atoms with van der Waals surface area (Å²) < 4.78 is 5.30. The molecule has 2 amide bonds. The summed E-state index contributed by atoms with van der Waals surface area (Å²) in [5.74, 6) is -0.0169. The van der Waals surface area contributed by atoms with Gasteiger partial charge in [0, 0.05) is 44.3 Å². The van der Waals surface area contributed by atoms with Gasteiger partial charge in [-0.3, -0.25) is 14.5 Å². The maximum absolute atomic E-state index is 12.5. The number of rotatable bonds is 5. The molecular formula is C19H25N5O3. The van der Waals surface area contributed by atoms with Gasteiger partial charge in [0.1, 0.15) is 11.8 Å². The maximum Gasteiger partial charge on any atom is 0.252 e. The molecule has 1 N–H and O–H groups in total. The highest BCUT2D eigenvalue weighted by atomic mass is 16.5. The minimum Gasteiger partial charge on any atom is -0.378 e. The fourth-order valence-corrected chi connectivity index (χ4v) is 3.63.